The standard InChI is InChI=1S/C15H15N3O3.C4H10O.C4H10/c1-21-8-2-3-9-10-5-13-15(20)16-6-14(19)18(13)7-12(10)17-11(9)4-8;1-4(2,3)5;1-4(2)3/h2-4,13,17H,5-7H2,1H3,(H,16,20);5H,1-3H3;4H,1-3H3/t13-;;/m0../s1. The number of piperazine rings is 1. The van der Waals surface area contributed by atoms with E-state index in [2.05, 4.69) is 31.1 Å². The van der Waals surface area contributed by atoms with E-state index in [9.17, 15) is 9.59 Å². The van der Waals surface area contributed by atoms with Gasteiger partial charge in [-0.2, -0.15) is 0 Å². The number of fused-ring (bicyclic) bond motifs is 4. The van der Waals surface area contributed by atoms with E-state index in [1.165, 1.54) is 0 Å². The van der Waals surface area contributed by atoms with Crippen molar-refractivity contribution in [1.82, 2.24) is 15.2 Å². The van der Waals surface area contributed by atoms with Gasteiger partial charge in [0.05, 0.1) is 25.8 Å². The number of aromatic amines is 1. The van der Waals surface area contributed by atoms with Gasteiger partial charge in [0.2, 0.25) is 11.8 Å². The molecule has 0 unspecified atom stereocenters. The molecule has 2 amide bonds. The molecule has 4 rings (SSSR count). The van der Waals surface area contributed by atoms with Crippen LogP contribution in [0.3, 0.4) is 0 Å². The topological polar surface area (TPSA) is 94.7 Å². The predicted molar refractivity (Wildman–Crippen MR) is 118 cm³/mol. The summed E-state index contributed by atoms with van der Waals surface area (Å²) in [6.45, 7) is 12.3. The molecule has 0 spiro atoms. The van der Waals surface area contributed by atoms with E-state index >= 15 is 0 Å². The zero-order valence-corrected chi connectivity index (χ0v) is 19.1. The van der Waals surface area contributed by atoms with Gasteiger partial charge in [0, 0.05) is 29.1 Å². The van der Waals surface area contributed by atoms with Crippen molar-refractivity contribution < 1.29 is 19.4 Å². The number of methoxy groups -OCH3 is 1. The number of amides is 2. The summed E-state index contributed by atoms with van der Waals surface area (Å²) in [5.74, 6) is 1.53. The molecule has 30 heavy (non-hydrogen) atoms. The molecule has 2 aromatic rings. The summed E-state index contributed by atoms with van der Waals surface area (Å²) in [6.07, 6.45) is 0.555. The molecule has 3 N–H and O–H groups in total. The Labute approximate surface area is 178 Å². The van der Waals surface area contributed by atoms with E-state index in [1.807, 2.05) is 18.2 Å². The molecule has 7 heteroatoms. The number of hydrogen-bond donors (Lipinski definition) is 3. The quantitative estimate of drug-likeness (QED) is 0.665. The van der Waals surface area contributed by atoms with Crippen LogP contribution in [-0.2, 0) is 22.6 Å². The largest absolute Gasteiger partial charge is 0.497 e. The Morgan fingerprint density at radius 1 is 1.20 bits per heavy atom. The second-order valence-electron chi connectivity index (χ2n) is 9.36. The third-order valence-corrected chi connectivity index (χ3v) is 4.34. The maximum absolute atomic E-state index is 12.0. The molecule has 0 bridgehead atoms. The fourth-order valence-electron chi connectivity index (χ4n) is 3.25. The maximum Gasteiger partial charge on any atom is 0.243 e. The second kappa shape index (κ2) is 9.51. The smallest absolute Gasteiger partial charge is 0.243 e. The summed E-state index contributed by atoms with van der Waals surface area (Å²) in [7, 11) is 1.63. The number of rotatable bonds is 1. The Bertz CT molecular complexity index is 887. The summed E-state index contributed by atoms with van der Waals surface area (Å²) in [6, 6.07) is 5.46. The van der Waals surface area contributed by atoms with Gasteiger partial charge >= 0.3 is 0 Å². The van der Waals surface area contributed by atoms with Crippen LogP contribution in [0.15, 0.2) is 18.2 Å². The summed E-state index contributed by atoms with van der Waals surface area (Å²) < 4.78 is 5.23. The van der Waals surface area contributed by atoms with Crippen LogP contribution in [0.4, 0.5) is 0 Å². The summed E-state index contributed by atoms with van der Waals surface area (Å²) >= 11 is 0. The highest BCUT2D eigenvalue weighted by Crippen LogP contribution is 2.32. The van der Waals surface area contributed by atoms with Crippen molar-refractivity contribution in [2.45, 2.75) is 66.2 Å². The van der Waals surface area contributed by atoms with Crippen LogP contribution in [0.5, 0.6) is 5.75 Å². The number of carbonyl (C=O) groups is 2. The third kappa shape index (κ3) is 6.23. The van der Waals surface area contributed by atoms with E-state index in [1.54, 1.807) is 32.8 Å². The minimum atomic E-state index is -0.500. The van der Waals surface area contributed by atoms with Crippen molar-refractivity contribution in [2.24, 2.45) is 5.92 Å². The minimum Gasteiger partial charge on any atom is -0.497 e. The third-order valence-electron chi connectivity index (χ3n) is 4.34. The highest BCUT2D eigenvalue weighted by molar-refractivity contribution is 5.96. The molecule has 7 nitrogen and oxygen atoms in total. The van der Waals surface area contributed by atoms with Gasteiger partial charge in [-0.15, -0.1) is 0 Å². The molecule has 1 aromatic heterocycles. The predicted octanol–water partition coefficient (Wildman–Crippen LogP) is 3.00. The Morgan fingerprint density at radius 3 is 2.37 bits per heavy atom. The molecule has 166 valence electrons. The number of nitrogens with one attached hydrogen (secondary N) is 2. The Kier molecular flexibility index (Phi) is 7.53. The molecule has 2 aliphatic heterocycles. The summed E-state index contributed by atoms with van der Waals surface area (Å²) in [5.41, 5.74) is 2.61. The van der Waals surface area contributed by atoms with Crippen LogP contribution in [-0.4, -0.2) is 52.1 Å². The van der Waals surface area contributed by atoms with Crippen LogP contribution in [0.25, 0.3) is 10.9 Å². The fraction of sp³-hybridized carbons (Fsp3) is 0.565. The van der Waals surface area contributed by atoms with Gasteiger partial charge < -0.3 is 25.0 Å². The lowest BCUT2D eigenvalue weighted by Crippen LogP contribution is -2.60. The Balaban J connectivity index is 0.000000304. The Morgan fingerprint density at radius 2 is 1.80 bits per heavy atom. The molecule has 0 saturated carbocycles. The molecular formula is C23H35N3O4. The van der Waals surface area contributed by atoms with Gasteiger partial charge in [0.1, 0.15) is 11.8 Å². The van der Waals surface area contributed by atoms with Gasteiger partial charge in [0.15, 0.2) is 0 Å². The first-order chi connectivity index (χ1) is 13.9. The lowest BCUT2D eigenvalue weighted by molar-refractivity contribution is -0.146. The number of ether oxygens (including phenoxy) is 1. The fourth-order valence-corrected chi connectivity index (χ4v) is 3.25. The van der Waals surface area contributed by atoms with Crippen LogP contribution >= 0.6 is 0 Å². The average Bonchev–Trinajstić information content (AvgIpc) is 2.98. The average molecular weight is 418 g/mol. The maximum atomic E-state index is 12.0. The van der Waals surface area contributed by atoms with Crippen molar-refractivity contribution in [3.63, 3.8) is 0 Å². The lowest BCUT2D eigenvalue weighted by Gasteiger charge is -2.38. The molecule has 2 aliphatic rings. The zero-order valence-electron chi connectivity index (χ0n) is 19.1. The molecule has 1 saturated heterocycles. The van der Waals surface area contributed by atoms with Crippen LogP contribution in [0, 0.1) is 5.92 Å². The van der Waals surface area contributed by atoms with Crippen molar-refractivity contribution in [3.05, 3.63) is 29.5 Å². The lowest BCUT2D eigenvalue weighted by atomic mass is 9.94. The van der Waals surface area contributed by atoms with Crippen LogP contribution < -0.4 is 10.1 Å². The number of hydrogen-bond acceptors (Lipinski definition) is 4. The van der Waals surface area contributed by atoms with E-state index in [-0.39, 0.29) is 24.4 Å². The van der Waals surface area contributed by atoms with Gasteiger partial charge in [0.25, 0.3) is 0 Å². The number of aliphatic hydroxyl groups is 1. The number of carbonyl (C=O) groups excluding carboxylic acids is 2. The SMILES string of the molecule is CC(C)(C)O.CC(C)C.COc1ccc2c3c([nH]c2c1)CN1C(=O)CNC(=O)[C@@H]1C3. The number of aromatic nitrogens is 1. The van der Waals surface area contributed by atoms with Crippen molar-refractivity contribution in [2.75, 3.05) is 13.7 Å². The highest BCUT2D eigenvalue weighted by Gasteiger charge is 2.39. The molecular weight excluding hydrogens is 382 g/mol. The van der Waals surface area contributed by atoms with Crippen LogP contribution in [0.1, 0.15) is 52.8 Å². The molecule has 0 aliphatic carbocycles. The number of H-pyrrole nitrogens is 1. The zero-order chi connectivity index (χ0) is 22.6. The number of benzene rings is 1. The molecule has 1 atom stereocenters. The van der Waals surface area contributed by atoms with Gasteiger partial charge in [-0.25, -0.2) is 0 Å². The summed E-state index contributed by atoms with van der Waals surface area (Å²) in [4.78, 5) is 29.0. The van der Waals surface area contributed by atoms with Gasteiger partial charge in [-0.1, -0.05) is 20.8 Å². The summed E-state index contributed by atoms with van der Waals surface area (Å²) in [5, 5.41) is 12.3. The van der Waals surface area contributed by atoms with Crippen LogP contribution in [0.2, 0.25) is 0 Å². The van der Waals surface area contributed by atoms with Crippen molar-refractivity contribution in [1.29, 1.82) is 0 Å². The normalized spacial score (nSPS) is 17.9. The van der Waals surface area contributed by atoms with E-state index < -0.39 is 5.60 Å². The molecule has 0 radical (unpaired) electrons. The monoisotopic (exact) mass is 417 g/mol. The minimum absolute atomic E-state index is 0.0264. The first-order valence-corrected chi connectivity index (χ1v) is 10.4. The first-order valence-electron chi connectivity index (χ1n) is 10.4. The van der Waals surface area contributed by atoms with E-state index in [0.717, 1.165) is 33.8 Å². The van der Waals surface area contributed by atoms with Crippen molar-refractivity contribution >= 4 is 22.7 Å². The van der Waals surface area contributed by atoms with Gasteiger partial charge in [-0.3, -0.25) is 9.59 Å². The van der Waals surface area contributed by atoms with E-state index in [4.69, 9.17) is 9.84 Å². The molecule has 1 aromatic carbocycles. The number of nitrogens with zero attached hydrogens (tertiary/aromatic N) is 1. The van der Waals surface area contributed by atoms with Crippen molar-refractivity contribution in [3.8, 4) is 5.75 Å². The second-order valence-corrected chi connectivity index (χ2v) is 9.36. The molecule has 3 heterocycles. The first kappa shape index (κ1) is 23.7. The highest BCUT2D eigenvalue weighted by atomic mass is 16.5. The Hall–Kier alpha value is -2.54. The van der Waals surface area contributed by atoms with Gasteiger partial charge in [-0.05, 0) is 44.4 Å². The van der Waals surface area contributed by atoms with E-state index in [0.29, 0.717) is 13.0 Å². The molecule has 1 fully saturated rings.